The standard InChI is InChI=1S/C25H37N3O4S/c1-5-27-14-10-11-20(27)16-26-33(30,31)24-18(3)17(2)15-21-19(4)22(32-23(21)24)25(29)28-12-8-6-7-9-13-28/h15,20,26H,5-14,16H2,1-4H3/t20-/m0/s1. The molecule has 2 fully saturated rings. The molecule has 4 rings (SSSR count). The average Bonchev–Trinajstić information content (AvgIpc) is 3.25. The minimum absolute atomic E-state index is 0.137. The first-order chi connectivity index (χ1) is 15.7. The molecule has 0 radical (unpaired) electrons. The molecular weight excluding hydrogens is 438 g/mol. The highest BCUT2D eigenvalue weighted by Gasteiger charge is 2.31. The molecule has 0 unspecified atom stereocenters. The molecule has 8 heteroatoms. The third-order valence-electron chi connectivity index (χ3n) is 7.46. The summed E-state index contributed by atoms with van der Waals surface area (Å²) >= 11 is 0. The summed E-state index contributed by atoms with van der Waals surface area (Å²) in [6.07, 6.45) is 6.32. The van der Waals surface area contributed by atoms with Gasteiger partial charge in [-0.3, -0.25) is 9.69 Å². The van der Waals surface area contributed by atoms with Gasteiger partial charge in [-0.25, -0.2) is 13.1 Å². The van der Waals surface area contributed by atoms with Crippen LogP contribution in [0.1, 0.15) is 72.7 Å². The van der Waals surface area contributed by atoms with Crippen molar-refractivity contribution in [3.05, 3.63) is 28.5 Å². The number of benzene rings is 1. The van der Waals surface area contributed by atoms with Crippen LogP contribution in [0.4, 0.5) is 0 Å². The number of furan rings is 1. The maximum absolute atomic E-state index is 13.5. The topological polar surface area (TPSA) is 82.9 Å². The van der Waals surface area contributed by atoms with E-state index in [0.717, 1.165) is 70.3 Å². The van der Waals surface area contributed by atoms with E-state index in [1.807, 2.05) is 31.7 Å². The molecule has 7 nitrogen and oxygen atoms in total. The van der Waals surface area contributed by atoms with Crippen molar-refractivity contribution in [1.82, 2.24) is 14.5 Å². The minimum Gasteiger partial charge on any atom is -0.449 e. The number of likely N-dealkylation sites (N-methyl/N-ethyl adjacent to an activating group) is 1. The third kappa shape index (κ3) is 4.70. The van der Waals surface area contributed by atoms with E-state index >= 15 is 0 Å². The van der Waals surface area contributed by atoms with Crippen LogP contribution in [0, 0.1) is 20.8 Å². The van der Waals surface area contributed by atoms with Crippen LogP contribution in [0.5, 0.6) is 0 Å². The lowest BCUT2D eigenvalue weighted by atomic mass is 10.0. The van der Waals surface area contributed by atoms with E-state index in [1.54, 1.807) is 0 Å². The number of hydrogen-bond acceptors (Lipinski definition) is 5. The maximum Gasteiger partial charge on any atom is 0.289 e. The lowest BCUT2D eigenvalue weighted by Crippen LogP contribution is -2.40. The summed E-state index contributed by atoms with van der Waals surface area (Å²) in [5, 5.41) is 0.702. The van der Waals surface area contributed by atoms with Gasteiger partial charge in [-0.2, -0.15) is 0 Å². The molecule has 2 aliphatic heterocycles. The van der Waals surface area contributed by atoms with E-state index in [4.69, 9.17) is 4.42 Å². The van der Waals surface area contributed by atoms with Crippen molar-refractivity contribution >= 4 is 26.9 Å². The van der Waals surface area contributed by atoms with Gasteiger partial charge in [0.2, 0.25) is 10.0 Å². The minimum atomic E-state index is -3.81. The highest BCUT2D eigenvalue weighted by molar-refractivity contribution is 7.89. The van der Waals surface area contributed by atoms with Gasteiger partial charge in [0.05, 0.1) is 0 Å². The lowest BCUT2D eigenvalue weighted by molar-refractivity contribution is 0.0731. The average molecular weight is 476 g/mol. The van der Waals surface area contributed by atoms with Crippen LogP contribution in [0.2, 0.25) is 0 Å². The van der Waals surface area contributed by atoms with Crippen LogP contribution < -0.4 is 4.72 Å². The zero-order valence-electron chi connectivity index (χ0n) is 20.4. The monoisotopic (exact) mass is 475 g/mol. The first kappa shape index (κ1) is 24.2. The second-order valence-electron chi connectivity index (χ2n) is 9.56. The van der Waals surface area contributed by atoms with Gasteiger partial charge in [0.25, 0.3) is 5.91 Å². The Kier molecular flexibility index (Phi) is 7.17. The van der Waals surface area contributed by atoms with Crippen LogP contribution >= 0.6 is 0 Å². The summed E-state index contributed by atoms with van der Waals surface area (Å²) in [5.74, 6) is 0.128. The summed E-state index contributed by atoms with van der Waals surface area (Å²) in [7, 11) is -3.81. The molecule has 1 aromatic carbocycles. The number of amides is 1. The first-order valence-electron chi connectivity index (χ1n) is 12.3. The Hall–Kier alpha value is -1.90. The van der Waals surface area contributed by atoms with Crippen molar-refractivity contribution in [2.75, 3.05) is 32.7 Å². The molecule has 1 aromatic heterocycles. The highest BCUT2D eigenvalue weighted by atomic mass is 32.2. The number of carbonyl (C=O) groups is 1. The van der Waals surface area contributed by atoms with Crippen LogP contribution in [-0.2, 0) is 10.0 Å². The number of nitrogens with one attached hydrogen (secondary N) is 1. The van der Waals surface area contributed by atoms with Gasteiger partial charge in [0, 0.05) is 36.6 Å². The van der Waals surface area contributed by atoms with Gasteiger partial charge in [0.1, 0.15) is 4.90 Å². The van der Waals surface area contributed by atoms with E-state index < -0.39 is 10.0 Å². The SMILES string of the molecule is CCN1CCC[C@H]1CNS(=O)(=O)c1c(C)c(C)cc2c(C)c(C(=O)N3CCCCCC3)oc12. The normalized spacial score (nSPS) is 20.5. The van der Waals surface area contributed by atoms with Crippen molar-refractivity contribution in [3.8, 4) is 0 Å². The molecule has 182 valence electrons. The summed E-state index contributed by atoms with van der Waals surface area (Å²) in [5.41, 5.74) is 2.54. The summed E-state index contributed by atoms with van der Waals surface area (Å²) < 4.78 is 36.0. The van der Waals surface area contributed by atoms with Crippen LogP contribution in [0.25, 0.3) is 11.0 Å². The van der Waals surface area contributed by atoms with Crippen LogP contribution in [0.15, 0.2) is 15.4 Å². The molecule has 0 bridgehead atoms. The smallest absolute Gasteiger partial charge is 0.289 e. The molecule has 1 atom stereocenters. The fourth-order valence-electron chi connectivity index (χ4n) is 5.31. The Morgan fingerprint density at radius 2 is 1.76 bits per heavy atom. The zero-order chi connectivity index (χ0) is 23.8. The number of rotatable bonds is 6. The van der Waals surface area contributed by atoms with E-state index in [-0.39, 0.29) is 22.6 Å². The predicted octanol–water partition coefficient (Wildman–Crippen LogP) is 4.14. The first-order valence-corrected chi connectivity index (χ1v) is 13.8. The van der Waals surface area contributed by atoms with Crippen molar-refractivity contribution < 1.29 is 17.6 Å². The summed E-state index contributed by atoms with van der Waals surface area (Å²) in [6.45, 7) is 11.4. The molecule has 1 amide bonds. The van der Waals surface area contributed by atoms with Gasteiger partial charge >= 0.3 is 0 Å². The molecule has 2 aliphatic rings. The molecule has 3 heterocycles. The largest absolute Gasteiger partial charge is 0.449 e. The van der Waals surface area contributed by atoms with Crippen molar-refractivity contribution in [1.29, 1.82) is 0 Å². The number of aryl methyl sites for hydroxylation is 2. The lowest BCUT2D eigenvalue weighted by Gasteiger charge is -2.23. The Bertz CT molecular complexity index is 1130. The fraction of sp³-hybridized carbons (Fsp3) is 0.640. The number of hydrogen-bond donors (Lipinski definition) is 1. The molecule has 2 saturated heterocycles. The molecule has 1 N–H and O–H groups in total. The van der Waals surface area contributed by atoms with E-state index in [2.05, 4.69) is 16.5 Å². The molecule has 0 aliphatic carbocycles. The van der Waals surface area contributed by atoms with Gasteiger partial charge in [-0.15, -0.1) is 0 Å². The van der Waals surface area contributed by atoms with E-state index in [9.17, 15) is 13.2 Å². The number of fused-ring (bicyclic) bond motifs is 1. The van der Waals surface area contributed by atoms with Gasteiger partial charge < -0.3 is 9.32 Å². The molecule has 0 saturated carbocycles. The molecule has 0 spiro atoms. The maximum atomic E-state index is 13.5. The number of likely N-dealkylation sites (tertiary alicyclic amines) is 2. The highest BCUT2D eigenvalue weighted by Crippen LogP contribution is 2.35. The van der Waals surface area contributed by atoms with Gasteiger partial charge in [-0.1, -0.05) is 19.8 Å². The molecule has 33 heavy (non-hydrogen) atoms. The third-order valence-corrected chi connectivity index (χ3v) is 9.04. The van der Waals surface area contributed by atoms with Crippen molar-refractivity contribution in [2.45, 2.75) is 77.2 Å². The summed E-state index contributed by atoms with van der Waals surface area (Å²) in [4.78, 5) is 17.6. The zero-order valence-corrected chi connectivity index (χ0v) is 21.2. The molecular formula is C25H37N3O4S. The second-order valence-corrected chi connectivity index (χ2v) is 11.3. The van der Waals surface area contributed by atoms with Crippen molar-refractivity contribution in [2.24, 2.45) is 0 Å². The second kappa shape index (κ2) is 9.76. The van der Waals surface area contributed by atoms with Crippen LogP contribution in [0.3, 0.4) is 0 Å². The Labute approximate surface area is 197 Å². The number of nitrogens with zero attached hydrogens (tertiary/aromatic N) is 2. The van der Waals surface area contributed by atoms with Crippen LogP contribution in [-0.4, -0.2) is 62.9 Å². The Morgan fingerprint density at radius 3 is 2.42 bits per heavy atom. The predicted molar refractivity (Wildman–Crippen MR) is 130 cm³/mol. The van der Waals surface area contributed by atoms with Gasteiger partial charge in [0.15, 0.2) is 11.3 Å². The quantitative estimate of drug-likeness (QED) is 0.679. The Balaban J connectivity index is 1.71. The summed E-state index contributed by atoms with van der Waals surface area (Å²) in [6, 6.07) is 2.15. The molecule has 2 aromatic rings. The van der Waals surface area contributed by atoms with Crippen molar-refractivity contribution in [3.63, 3.8) is 0 Å². The number of sulfonamides is 1. The van der Waals surface area contributed by atoms with Gasteiger partial charge in [-0.05, 0) is 76.7 Å². The number of carbonyl (C=O) groups excluding carboxylic acids is 1. The fourth-order valence-corrected chi connectivity index (χ4v) is 6.82. The van der Waals surface area contributed by atoms with E-state index in [0.29, 0.717) is 28.6 Å². The van der Waals surface area contributed by atoms with E-state index in [1.165, 1.54) is 0 Å². The Morgan fingerprint density at radius 1 is 1.06 bits per heavy atom.